The van der Waals surface area contributed by atoms with Gasteiger partial charge in [0.1, 0.15) is 10.7 Å². The minimum atomic E-state index is -5.32. The van der Waals surface area contributed by atoms with Crippen molar-refractivity contribution in [1.29, 1.82) is 0 Å². The van der Waals surface area contributed by atoms with Crippen LogP contribution in [0, 0.1) is 0 Å². The summed E-state index contributed by atoms with van der Waals surface area (Å²) >= 11 is 0. The minimum Gasteiger partial charge on any atom is -0.766 e. The molecular weight excluding hydrogens is 566 g/mol. The third-order valence-electron chi connectivity index (χ3n) is 5.49. The number of sulfonamides is 1. The normalized spacial score (nSPS) is 12.9. The Morgan fingerprint density at radius 3 is 2.41 bits per heavy atom. The zero-order valence-electron chi connectivity index (χ0n) is 20.6. The molecule has 3 N–H and O–H groups in total. The molecule has 11 nitrogen and oxygen atoms in total. The average molecular weight is 587 g/mol. The third kappa shape index (κ3) is 7.21. The number of fused-ring (bicyclic) bond motifs is 1. The Bertz CT molecular complexity index is 1770. The van der Waals surface area contributed by atoms with Crippen molar-refractivity contribution in [2.45, 2.75) is 11.4 Å². The second-order valence-electron chi connectivity index (χ2n) is 8.16. The Hall–Kier alpha value is -2.42. The van der Waals surface area contributed by atoms with Gasteiger partial charge < -0.3 is 15.1 Å². The summed E-state index contributed by atoms with van der Waals surface area (Å²) in [6.45, 7) is 0.362. The molecule has 5 rings (SSSR count). The molecule has 0 saturated carbocycles. The fourth-order valence-corrected chi connectivity index (χ4v) is 5.99. The molecule has 0 spiro atoms. The number of anilines is 1. The van der Waals surface area contributed by atoms with Gasteiger partial charge in [0, 0.05) is 24.2 Å². The molecular formula is C25H20KN6O5PS. The summed E-state index contributed by atoms with van der Waals surface area (Å²) in [5.74, 6) is 0.644. The first kappa shape index (κ1) is 29.6. The summed E-state index contributed by atoms with van der Waals surface area (Å²) in [4.78, 5) is 37.3. The van der Waals surface area contributed by atoms with Crippen LogP contribution in [0.4, 0.5) is 5.82 Å². The number of benzene rings is 2. The SMILES string of the molecule is O=P([O-])(O)NS(=O)(=O)c1cncc(-c2nc(NCc3ccccn3)c3c(-c4ccccc4)cccc3n2)c1.[K+]. The molecule has 0 radical (unpaired) electrons. The number of pyridine rings is 2. The van der Waals surface area contributed by atoms with Gasteiger partial charge in [-0.2, -0.15) is 0 Å². The Balaban J connectivity index is 0.00000353. The van der Waals surface area contributed by atoms with E-state index in [4.69, 9.17) is 9.88 Å². The molecule has 1 unspecified atom stereocenters. The van der Waals surface area contributed by atoms with Gasteiger partial charge in [-0.05, 0) is 35.4 Å². The van der Waals surface area contributed by atoms with Crippen molar-refractivity contribution in [2.24, 2.45) is 0 Å². The Kier molecular flexibility index (Phi) is 9.39. The zero-order chi connectivity index (χ0) is 26.8. The predicted molar refractivity (Wildman–Crippen MR) is 140 cm³/mol. The fraction of sp³-hybridized carbons (Fsp3) is 0.0400. The number of aromatic nitrogens is 4. The van der Waals surface area contributed by atoms with Crippen LogP contribution in [-0.2, 0) is 21.1 Å². The number of nitrogens with one attached hydrogen (secondary N) is 2. The van der Waals surface area contributed by atoms with E-state index >= 15 is 0 Å². The zero-order valence-corrected chi connectivity index (χ0v) is 25.4. The van der Waals surface area contributed by atoms with Crippen molar-refractivity contribution in [3.05, 3.63) is 97.1 Å². The largest absolute Gasteiger partial charge is 1.00 e. The van der Waals surface area contributed by atoms with Gasteiger partial charge in [0.25, 0.3) is 0 Å². The topological polar surface area (TPSA) is 170 Å². The Labute approximate surface area is 266 Å². The summed E-state index contributed by atoms with van der Waals surface area (Å²) in [5.41, 5.74) is 3.45. The van der Waals surface area contributed by atoms with Crippen molar-refractivity contribution in [3.8, 4) is 22.5 Å². The van der Waals surface area contributed by atoms with Gasteiger partial charge in [-0.3, -0.25) is 14.5 Å². The molecule has 0 aliphatic carbocycles. The summed E-state index contributed by atoms with van der Waals surface area (Å²) < 4.78 is 37.2. The molecule has 0 aliphatic rings. The van der Waals surface area contributed by atoms with Crippen molar-refractivity contribution >= 4 is 34.5 Å². The summed E-state index contributed by atoms with van der Waals surface area (Å²) in [6.07, 6.45) is 4.00. The maximum atomic E-state index is 12.4. The maximum absolute atomic E-state index is 12.4. The van der Waals surface area contributed by atoms with Crippen molar-refractivity contribution < 1.29 is 74.2 Å². The Morgan fingerprint density at radius 2 is 1.69 bits per heavy atom. The van der Waals surface area contributed by atoms with E-state index < -0.39 is 22.7 Å². The molecule has 0 aliphatic heterocycles. The molecule has 39 heavy (non-hydrogen) atoms. The molecule has 0 bridgehead atoms. The second-order valence-corrected chi connectivity index (χ2v) is 11.4. The molecule has 0 saturated heterocycles. The molecule has 0 fully saturated rings. The molecule has 3 heterocycles. The molecule has 192 valence electrons. The molecule has 14 heteroatoms. The van der Waals surface area contributed by atoms with E-state index in [9.17, 15) is 17.9 Å². The van der Waals surface area contributed by atoms with Crippen LogP contribution < -0.4 is 66.1 Å². The minimum absolute atomic E-state index is 0. The van der Waals surface area contributed by atoms with Gasteiger partial charge in [-0.15, -0.1) is 4.49 Å². The summed E-state index contributed by atoms with van der Waals surface area (Å²) in [6, 6.07) is 22.1. The van der Waals surface area contributed by atoms with E-state index in [1.165, 1.54) is 16.8 Å². The van der Waals surface area contributed by atoms with E-state index in [0.717, 1.165) is 28.4 Å². The quantitative estimate of drug-likeness (QED) is 0.168. The van der Waals surface area contributed by atoms with E-state index in [2.05, 4.69) is 20.3 Å². The van der Waals surface area contributed by atoms with Gasteiger partial charge in [0.15, 0.2) is 5.82 Å². The van der Waals surface area contributed by atoms with Gasteiger partial charge in [-0.25, -0.2) is 18.4 Å². The van der Waals surface area contributed by atoms with Crippen molar-refractivity contribution in [1.82, 2.24) is 24.4 Å². The van der Waals surface area contributed by atoms with Crippen LogP contribution in [-0.4, -0.2) is 33.2 Å². The molecule has 0 amide bonds. The number of hydrogen-bond donors (Lipinski definition) is 3. The van der Waals surface area contributed by atoms with Crippen LogP contribution in [0.5, 0.6) is 0 Å². The number of rotatable bonds is 8. The van der Waals surface area contributed by atoms with Gasteiger partial charge in [0.05, 0.1) is 23.1 Å². The smallest absolute Gasteiger partial charge is 0.766 e. The fourth-order valence-electron chi connectivity index (χ4n) is 3.87. The molecule has 1 atom stereocenters. The van der Waals surface area contributed by atoms with Crippen molar-refractivity contribution in [3.63, 3.8) is 0 Å². The van der Waals surface area contributed by atoms with Gasteiger partial charge in [-0.1, -0.05) is 48.5 Å². The molecule has 3 aromatic heterocycles. The van der Waals surface area contributed by atoms with Gasteiger partial charge >= 0.3 is 51.4 Å². The summed E-state index contributed by atoms with van der Waals surface area (Å²) in [7, 11) is -9.92. The van der Waals surface area contributed by atoms with Crippen LogP contribution in [0.3, 0.4) is 0 Å². The van der Waals surface area contributed by atoms with Crippen LogP contribution in [0.25, 0.3) is 33.4 Å². The number of hydrogen-bond acceptors (Lipinski definition) is 9. The van der Waals surface area contributed by atoms with E-state index in [1.54, 1.807) is 6.20 Å². The first-order chi connectivity index (χ1) is 18.2. The predicted octanol–water partition coefficient (Wildman–Crippen LogP) is 0.109. The van der Waals surface area contributed by atoms with E-state index in [-0.39, 0.29) is 62.8 Å². The van der Waals surface area contributed by atoms with Crippen LogP contribution in [0.15, 0.2) is 96.3 Å². The molecule has 2 aromatic carbocycles. The maximum Gasteiger partial charge on any atom is 1.00 e. The van der Waals surface area contributed by atoms with E-state index in [0.29, 0.717) is 17.9 Å². The molecule has 5 aromatic rings. The summed E-state index contributed by atoms with van der Waals surface area (Å²) in [5, 5.41) is 4.08. The Morgan fingerprint density at radius 1 is 0.923 bits per heavy atom. The van der Waals surface area contributed by atoms with Crippen LogP contribution in [0.2, 0.25) is 0 Å². The van der Waals surface area contributed by atoms with Gasteiger partial charge in [0.2, 0.25) is 17.8 Å². The standard InChI is InChI=1S/C25H21N6O5PS.K/c32-37(33,34)31-38(35,36)20-13-18(14-26-16-20)24-29-22-11-6-10-21(17-7-2-1-3-8-17)23(22)25(30-24)28-15-19-9-4-5-12-27-19;/h1-14,16H,15H2,(H,28,29,30)(H3,31,32,33,34);/q;+1/p-1. The first-order valence-electron chi connectivity index (χ1n) is 11.2. The van der Waals surface area contributed by atoms with Crippen LogP contribution >= 0.6 is 7.75 Å². The number of nitrogens with zero attached hydrogens (tertiary/aromatic N) is 4. The third-order valence-corrected chi connectivity index (χ3v) is 8.22. The average Bonchev–Trinajstić information content (AvgIpc) is 2.91. The first-order valence-corrected chi connectivity index (χ1v) is 14.3. The van der Waals surface area contributed by atoms with Crippen LogP contribution in [0.1, 0.15) is 5.69 Å². The monoisotopic (exact) mass is 586 g/mol. The van der Waals surface area contributed by atoms with Crippen molar-refractivity contribution in [2.75, 3.05) is 5.32 Å². The van der Waals surface area contributed by atoms with E-state index in [1.807, 2.05) is 66.7 Å². The second kappa shape index (κ2) is 12.4.